The van der Waals surface area contributed by atoms with E-state index in [1.807, 2.05) is 0 Å². The van der Waals surface area contributed by atoms with Crippen molar-refractivity contribution in [2.45, 2.75) is 25.3 Å². The summed E-state index contributed by atoms with van der Waals surface area (Å²) in [5.74, 6) is -0.736. The fraction of sp³-hybridized carbons (Fsp3) is 0.833. The molecule has 0 aromatic rings. The third kappa shape index (κ3) is 1.70. The van der Waals surface area contributed by atoms with Gasteiger partial charge in [-0.2, -0.15) is 0 Å². The van der Waals surface area contributed by atoms with Gasteiger partial charge in [-0.1, -0.05) is 0 Å². The van der Waals surface area contributed by atoms with Crippen molar-refractivity contribution in [2.24, 2.45) is 0 Å². The second-order valence-corrected chi connectivity index (χ2v) is 2.67. The van der Waals surface area contributed by atoms with Crippen LogP contribution in [0.4, 0.5) is 0 Å². The Morgan fingerprint density at radius 2 is 2.30 bits per heavy atom. The summed E-state index contributed by atoms with van der Waals surface area (Å²) >= 11 is 0. The van der Waals surface area contributed by atoms with Crippen LogP contribution in [0.25, 0.3) is 0 Å². The van der Waals surface area contributed by atoms with Crippen LogP contribution in [0.5, 0.6) is 0 Å². The zero-order chi connectivity index (χ0) is 6.91. The number of carboxylic acid groups (broad SMARTS) is 1. The zero-order valence-electron chi connectivity index (χ0n) is 5.89. The zero-order valence-corrected chi connectivity index (χ0v) is 7.60. The number of carboxylic acids is 1. The Morgan fingerprint density at radius 1 is 1.70 bits per heavy atom. The number of aliphatic carboxylic acids is 1. The number of hydrogen-bond acceptors (Lipinski definition) is 2. The summed E-state index contributed by atoms with van der Waals surface area (Å²) in [6.07, 6.45) is 1.73. The molecule has 10 heavy (non-hydrogen) atoms. The van der Waals surface area contributed by atoms with Crippen molar-refractivity contribution in [1.29, 1.82) is 0 Å². The fourth-order valence-electron chi connectivity index (χ4n) is 1.08. The molecular weight excluding hydrogens is 198 g/mol. The minimum Gasteiger partial charge on any atom is -0.480 e. The van der Waals surface area contributed by atoms with E-state index >= 15 is 0 Å². The maximum absolute atomic E-state index is 10.5. The molecule has 0 radical (unpaired) electrons. The second kappa shape index (κ2) is 3.34. The van der Waals surface area contributed by atoms with Gasteiger partial charge in [0.1, 0.15) is 5.54 Å². The van der Waals surface area contributed by atoms with E-state index in [-0.39, 0.29) is 17.0 Å². The lowest BCUT2D eigenvalue weighted by Gasteiger charge is -2.16. The molecule has 1 aliphatic heterocycles. The fourth-order valence-corrected chi connectivity index (χ4v) is 1.08. The maximum atomic E-state index is 10.5. The largest absolute Gasteiger partial charge is 0.480 e. The maximum Gasteiger partial charge on any atom is 0.323 e. The van der Waals surface area contributed by atoms with E-state index in [1.54, 1.807) is 6.92 Å². The number of carbonyl (C=O) groups is 1. The molecule has 2 N–H and O–H groups in total. The van der Waals surface area contributed by atoms with E-state index in [4.69, 9.17) is 5.11 Å². The highest BCUT2D eigenvalue weighted by Crippen LogP contribution is 2.17. The summed E-state index contributed by atoms with van der Waals surface area (Å²) < 4.78 is 0. The average Bonchev–Trinajstić information content (AvgIpc) is 2.16. The summed E-state index contributed by atoms with van der Waals surface area (Å²) in [4.78, 5) is 10.5. The first-order valence-electron chi connectivity index (χ1n) is 3.13. The number of rotatable bonds is 1. The average molecular weight is 210 g/mol. The topological polar surface area (TPSA) is 49.3 Å². The summed E-state index contributed by atoms with van der Waals surface area (Å²) in [7, 11) is 0. The number of halogens is 1. The quantitative estimate of drug-likeness (QED) is 0.672. The third-order valence-electron chi connectivity index (χ3n) is 1.84. The molecular formula is C6H12BrNO2. The Bertz CT molecular complexity index is 132. The highest BCUT2D eigenvalue weighted by molar-refractivity contribution is 8.93. The molecule has 1 saturated heterocycles. The van der Waals surface area contributed by atoms with Crippen LogP contribution < -0.4 is 5.32 Å². The van der Waals surface area contributed by atoms with Crippen molar-refractivity contribution >= 4 is 23.0 Å². The molecule has 1 unspecified atom stereocenters. The van der Waals surface area contributed by atoms with Crippen LogP contribution in [0.1, 0.15) is 19.8 Å². The molecule has 0 saturated carbocycles. The summed E-state index contributed by atoms with van der Waals surface area (Å²) in [6.45, 7) is 2.56. The molecule has 0 bridgehead atoms. The third-order valence-corrected chi connectivity index (χ3v) is 1.84. The van der Waals surface area contributed by atoms with Crippen molar-refractivity contribution in [2.75, 3.05) is 6.54 Å². The van der Waals surface area contributed by atoms with Gasteiger partial charge >= 0.3 is 5.97 Å². The second-order valence-electron chi connectivity index (χ2n) is 2.67. The van der Waals surface area contributed by atoms with Gasteiger partial charge in [-0.05, 0) is 26.3 Å². The molecule has 1 rings (SSSR count). The SMILES string of the molecule is Br.CC1(C(=O)O)CCCN1. The van der Waals surface area contributed by atoms with Crippen LogP contribution in [0, 0.1) is 0 Å². The molecule has 0 aromatic heterocycles. The molecule has 0 spiro atoms. The lowest BCUT2D eigenvalue weighted by Crippen LogP contribution is -2.44. The molecule has 4 heteroatoms. The van der Waals surface area contributed by atoms with Gasteiger partial charge in [0.15, 0.2) is 0 Å². The highest BCUT2D eigenvalue weighted by atomic mass is 79.9. The van der Waals surface area contributed by atoms with E-state index < -0.39 is 11.5 Å². The minimum atomic E-state index is -0.736. The highest BCUT2D eigenvalue weighted by Gasteiger charge is 2.35. The molecule has 1 fully saturated rings. The number of hydrogen-bond donors (Lipinski definition) is 2. The Balaban J connectivity index is 0.000000810. The van der Waals surface area contributed by atoms with Gasteiger partial charge in [0.05, 0.1) is 0 Å². The molecule has 1 heterocycles. The van der Waals surface area contributed by atoms with E-state index in [1.165, 1.54) is 0 Å². The first kappa shape index (κ1) is 9.91. The van der Waals surface area contributed by atoms with Gasteiger partial charge in [0.25, 0.3) is 0 Å². The first-order chi connectivity index (χ1) is 4.15. The lowest BCUT2D eigenvalue weighted by atomic mass is 10.0. The van der Waals surface area contributed by atoms with Crippen molar-refractivity contribution < 1.29 is 9.90 Å². The predicted octanol–water partition coefficient (Wildman–Crippen LogP) is 0.791. The van der Waals surface area contributed by atoms with Crippen LogP contribution in [0.15, 0.2) is 0 Å². The number of nitrogens with one attached hydrogen (secondary N) is 1. The first-order valence-corrected chi connectivity index (χ1v) is 3.13. The smallest absolute Gasteiger partial charge is 0.323 e. The summed E-state index contributed by atoms with van der Waals surface area (Å²) in [5.41, 5.74) is -0.639. The van der Waals surface area contributed by atoms with E-state index in [2.05, 4.69) is 5.32 Å². The minimum absolute atomic E-state index is 0. The monoisotopic (exact) mass is 209 g/mol. The van der Waals surface area contributed by atoms with Crippen molar-refractivity contribution in [3.8, 4) is 0 Å². The van der Waals surface area contributed by atoms with Crippen LogP contribution in [-0.2, 0) is 4.79 Å². The molecule has 1 aliphatic rings. The molecule has 3 nitrogen and oxygen atoms in total. The van der Waals surface area contributed by atoms with E-state index in [0.29, 0.717) is 0 Å². The Morgan fingerprint density at radius 3 is 2.50 bits per heavy atom. The standard InChI is InChI=1S/C6H11NO2.BrH/c1-6(5(8)9)3-2-4-7-6;/h7H,2-4H2,1H3,(H,8,9);1H. The van der Waals surface area contributed by atoms with Crippen LogP contribution >= 0.6 is 17.0 Å². The van der Waals surface area contributed by atoms with Crippen LogP contribution in [0.3, 0.4) is 0 Å². The molecule has 0 aliphatic carbocycles. The van der Waals surface area contributed by atoms with Gasteiger partial charge in [-0.15, -0.1) is 17.0 Å². The van der Waals surface area contributed by atoms with Crippen molar-refractivity contribution in [1.82, 2.24) is 5.32 Å². The van der Waals surface area contributed by atoms with Crippen LogP contribution in [-0.4, -0.2) is 23.2 Å². The van der Waals surface area contributed by atoms with Gasteiger partial charge in [-0.25, -0.2) is 0 Å². The Labute approximate surface area is 70.6 Å². The van der Waals surface area contributed by atoms with E-state index in [9.17, 15) is 4.79 Å². The predicted molar refractivity (Wildman–Crippen MR) is 43.6 cm³/mol. The van der Waals surface area contributed by atoms with Gasteiger partial charge in [0.2, 0.25) is 0 Å². The molecule has 0 amide bonds. The van der Waals surface area contributed by atoms with Gasteiger partial charge in [-0.3, -0.25) is 4.79 Å². The molecule has 0 aromatic carbocycles. The normalized spacial score (nSPS) is 31.3. The van der Waals surface area contributed by atoms with Crippen molar-refractivity contribution in [3.63, 3.8) is 0 Å². The van der Waals surface area contributed by atoms with Gasteiger partial charge < -0.3 is 10.4 Å². The van der Waals surface area contributed by atoms with Gasteiger partial charge in [0, 0.05) is 0 Å². The molecule has 60 valence electrons. The van der Waals surface area contributed by atoms with E-state index in [0.717, 1.165) is 19.4 Å². The van der Waals surface area contributed by atoms with Crippen molar-refractivity contribution in [3.05, 3.63) is 0 Å². The molecule has 1 atom stereocenters. The summed E-state index contributed by atoms with van der Waals surface area (Å²) in [5, 5.41) is 11.5. The Kier molecular flexibility index (Phi) is 3.31. The lowest BCUT2D eigenvalue weighted by molar-refractivity contribution is -0.143. The Hall–Kier alpha value is -0.0900. The van der Waals surface area contributed by atoms with Crippen LogP contribution in [0.2, 0.25) is 0 Å². The summed E-state index contributed by atoms with van der Waals surface area (Å²) in [6, 6.07) is 0.